The quantitative estimate of drug-likeness (QED) is 0.730. The number of methoxy groups -OCH3 is 1. The van der Waals surface area contributed by atoms with Crippen molar-refractivity contribution < 1.29 is 19.1 Å². The van der Waals surface area contributed by atoms with Crippen LogP contribution in [-0.2, 0) is 14.3 Å². The number of hydrogen-bond donors (Lipinski definition) is 2. The lowest BCUT2D eigenvalue weighted by Crippen LogP contribution is -2.19. The molecular formula is C19H20N2O4S. The molecule has 2 aromatic rings. The summed E-state index contributed by atoms with van der Waals surface area (Å²) < 4.78 is 4.69. The first-order chi connectivity index (χ1) is 12.5. The van der Waals surface area contributed by atoms with Crippen LogP contribution >= 0.6 is 11.8 Å². The summed E-state index contributed by atoms with van der Waals surface area (Å²) in [5, 5.41) is 5.43. The van der Waals surface area contributed by atoms with Gasteiger partial charge in [-0.05, 0) is 31.2 Å². The summed E-state index contributed by atoms with van der Waals surface area (Å²) in [5.41, 5.74) is 2.50. The fraction of sp³-hybridized carbons (Fsp3) is 0.211. The largest absolute Gasteiger partial charge is 0.465 e. The van der Waals surface area contributed by atoms with Crippen LogP contribution < -0.4 is 10.6 Å². The van der Waals surface area contributed by atoms with E-state index >= 15 is 0 Å². The minimum Gasteiger partial charge on any atom is -0.465 e. The number of hydrogen-bond acceptors (Lipinski definition) is 5. The normalized spacial score (nSPS) is 10.1. The summed E-state index contributed by atoms with van der Waals surface area (Å²) in [5.74, 6) is -0.751. The van der Waals surface area contributed by atoms with E-state index in [9.17, 15) is 14.4 Å². The molecule has 6 nitrogen and oxygen atoms in total. The van der Waals surface area contributed by atoms with Gasteiger partial charge in [-0.15, -0.1) is 11.8 Å². The van der Waals surface area contributed by atoms with E-state index in [1.807, 2.05) is 31.2 Å². The second kappa shape index (κ2) is 9.62. The number of ether oxygens (including phenoxy) is 1. The Labute approximate surface area is 156 Å². The number of amides is 2. The van der Waals surface area contributed by atoms with Crippen LogP contribution in [0.1, 0.15) is 15.9 Å². The van der Waals surface area contributed by atoms with Crippen molar-refractivity contribution in [3.05, 3.63) is 59.7 Å². The highest BCUT2D eigenvalue weighted by atomic mass is 32.2. The average molecular weight is 372 g/mol. The second-order valence-electron chi connectivity index (χ2n) is 5.49. The maximum atomic E-state index is 12.0. The number of rotatable bonds is 7. The van der Waals surface area contributed by atoms with Crippen molar-refractivity contribution in [1.82, 2.24) is 0 Å². The van der Waals surface area contributed by atoms with Crippen molar-refractivity contribution in [2.24, 2.45) is 0 Å². The summed E-state index contributed by atoms with van der Waals surface area (Å²) >= 11 is 1.19. The molecular weight excluding hydrogens is 352 g/mol. The van der Waals surface area contributed by atoms with Crippen LogP contribution in [0.3, 0.4) is 0 Å². The molecule has 2 N–H and O–H groups in total. The molecule has 0 saturated heterocycles. The van der Waals surface area contributed by atoms with E-state index < -0.39 is 5.97 Å². The SMILES string of the molecule is COC(=O)c1ccccc1NC(=O)CSCC(=O)Nc1ccc(C)cc1. The van der Waals surface area contributed by atoms with Crippen molar-refractivity contribution in [3.8, 4) is 0 Å². The van der Waals surface area contributed by atoms with E-state index in [1.165, 1.54) is 18.9 Å². The molecule has 0 spiro atoms. The molecule has 7 heteroatoms. The maximum Gasteiger partial charge on any atom is 0.339 e. The van der Waals surface area contributed by atoms with Crippen LogP contribution in [-0.4, -0.2) is 36.4 Å². The molecule has 0 unspecified atom stereocenters. The van der Waals surface area contributed by atoms with Crippen molar-refractivity contribution in [2.75, 3.05) is 29.2 Å². The van der Waals surface area contributed by atoms with Crippen LogP contribution in [0.15, 0.2) is 48.5 Å². The number of para-hydroxylation sites is 1. The summed E-state index contributed by atoms with van der Waals surface area (Å²) in [6.07, 6.45) is 0. The van der Waals surface area contributed by atoms with Gasteiger partial charge in [-0.2, -0.15) is 0 Å². The molecule has 0 aliphatic heterocycles. The van der Waals surface area contributed by atoms with Gasteiger partial charge in [0.2, 0.25) is 11.8 Å². The van der Waals surface area contributed by atoms with Gasteiger partial charge in [0.1, 0.15) is 0 Å². The van der Waals surface area contributed by atoms with Crippen LogP contribution in [0.5, 0.6) is 0 Å². The first-order valence-electron chi connectivity index (χ1n) is 7.91. The van der Waals surface area contributed by atoms with Gasteiger partial charge in [-0.1, -0.05) is 29.8 Å². The Hall–Kier alpha value is -2.80. The third-order valence-electron chi connectivity index (χ3n) is 3.41. The van der Waals surface area contributed by atoms with Crippen molar-refractivity contribution in [3.63, 3.8) is 0 Å². The summed E-state index contributed by atoms with van der Waals surface area (Å²) in [7, 11) is 1.28. The number of thioether (sulfide) groups is 1. The molecule has 2 rings (SSSR count). The van der Waals surface area contributed by atoms with Gasteiger partial charge in [-0.25, -0.2) is 4.79 Å². The fourth-order valence-electron chi connectivity index (χ4n) is 2.14. The number of nitrogens with one attached hydrogen (secondary N) is 2. The Balaban J connectivity index is 1.79. The van der Waals surface area contributed by atoms with Gasteiger partial charge in [0.05, 0.1) is 29.9 Å². The van der Waals surface area contributed by atoms with Crippen LogP contribution in [0.4, 0.5) is 11.4 Å². The van der Waals surface area contributed by atoms with Gasteiger partial charge in [0.25, 0.3) is 0 Å². The Kier molecular flexibility index (Phi) is 7.23. The zero-order valence-electron chi connectivity index (χ0n) is 14.6. The Bertz CT molecular complexity index is 790. The van der Waals surface area contributed by atoms with Crippen molar-refractivity contribution >= 4 is 40.9 Å². The van der Waals surface area contributed by atoms with Gasteiger partial charge in [0, 0.05) is 5.69 Å². The number of aryl methyl sites for hydroxylation is 1. The second-order valence-corrected chi connectivity index (χ2v) is 6.48. The van der Waals surface area contributed by atoms with Crippen LogP contribution in [0.25, 0.3) is 0 Å². The Morgan fingerprint density at radius 1 is 0.923 bits per heavy atom. The highest BCUT2D eigenvalue weighted by Gasteiger charge is 2.13. The van der Waals surface area contributed by atoms with Gasteiger partial charge < -0.3 is 15.4 Å². The van der Waals surface area contributed by atoms with Crippen LogP contribution in [0, 0.1) is 6.92 Å². The fourth-order valence-corrected chi connectivity index (χ4v) is 2.75. The van der Waals surface area contributed by atoms with Gasteiger partial charge in [-0.3, -0.25) is 9.59 Å². The average Bonchev–Trinajstić information content (AvgIpc) is 2.63. The smallest absolute Gasteiger partial charge is 0.339 e. The zero-order valence-corrected chi connectivity index (χ0v) is 15.4. The van der Waals surface area contributed by atoms with Crippen molar-refractivity contribution in [2.45, 2.75) is 6.92 Å². The van der Waals surface area contributed by atoms with Crippen LogP contribution in [0.2, 0.25) is 0 Å². The summed E-state index contributed by atoms with van der Waals surface area (Å²) in [6, 6.07) is 14.1. The lowest BCUT2D eigenvalue weighted by Gasteiger charge is -2.09. The zero-order chi connectivity index (χ0) is 18.9. The molecule has 26 heavy (non-hydrogen) atoms. The molecule has 136 valence electrons. The summed E-state index contributed by atoms with van der Waals surface area (Å²) in [6.45, 7) is 1.97. The predicted molar refractivity (Wildman–Crippen MR) is 104 cm³/mol. The monoisotopic (exact) mass is 372 g/mol. The van der Waals surface area contributed by atoms with E-state index in [0.717, 1.165) is 11.3 Å². The number of anilines is 2. The number of carbonyl (C=O) groups excluding carboxylic acids is 3. The predicted octanol–water partition coefficient (Wildman–Crippen LogP) is 3.09. The molecule has 0 heterocycles. The standard InChI is InChI=1S/C19H20N2O4S/c1-13-7-9-14(10-8-13)20-17(22)11-26-12-18(23)21-16-6-4-3-5-15(16)19(24)25-2/h3-10H,11-12H2,1-2H3,(H,20,22)(H,21,23). The maximum absolute atomic E-state index is 12.0. The first-order valence-corrected chi connectivity index (χ1v) is 9.06. The van der Waals surface area contributed by atoms with Gasteiger partial charge in [0.15, 0.2) is 0 Å². The molecule has 0 aromatic heterocycles. The van der Waals surface area contributed by atoms with Crippen molar-refractivity contribution in [1.29, 1.82) is 0 Å². The lowest BCUT2D eigenvalue weighted by atomic mass is 10.2. The van der Waals surface area contributed by atoms with E-state index in [0.29, 0.717) is 5.69 Å². The molecule has 0 radical (unpaired) electrons. The number of esters is 1. The third kappa shape index (κ3) is 5.93. The minimum absolute atomic E-state index is 0.0941. The van der Waals surface area contributed by atoms with Gasteiger partial charge >= 0.3 is 5.97 Å². The third-order valence-corrected chi connectivity index (χ3v) is 4.34. The molecule has 0 saturated carbocycles. The molecule has 2 aromatic carbocycles. The first kappa shape index (κ1) is 19.5. The lowest BCUT2D eigenvalue weighted by molar-refractivity contribution is -0.114. The molecule has 0 atom stereocenters. The molecule has 0 aliphatic rings. The summed E-state index contributed by atoms with van der Waals surface area (Å²) in [4.78, 5) is 35.6. The molecule has 0 bridgehead atoms. The highest BCUT2D eigenvalue weighted by molar-refractivity contribution is 8.00. The molecule has 0 aliphatic carbocycles. The Morgan fingerprint density at radius 2 is 1.54 bits per heavy atom. The van der Waals surface area contributed by atoms with E-state index in [1.54, 1.807) is 24.3 Å². The van der Waals surface area contributed by atoms with E-state index in [-0.39, 0.29) is 28.9 Å². The number of carbonyl (C=O) groups is 3. The highest BCUT2D eigenvalue weighted by Crippen LogP contribution is 2.16. The minimum atomic E-state index is -0.522. The molecule has 2 amide bonds. The van der Waals surface area contributed by atoms with E-state index in [2.05, 4.69) is 15.4 Å². The topological polar surface area (TPSA) is 84.5 Å². The Morgan fingerprint density at radius 3 is 2.19 bits per heavy atom. The molecule has 0 fully saturated rings. The number of benzene rings is 2. The van der Waals surface area contributed by atoms with E-state index in [4.69, 9.17) is 0 Å².